The average molecular weight is 307 g/mol. The zero-order valence-corrected chi connectivity index (χ0v) is 12.8. The van der Waals surface area contributed by atoms with Crippen molar-refractivity contribution in [2.24, 2.45) is 0 Å². The summed E-state index contributed by atoms with van der Waals surface area (Å²) < 4.78 is 5.54. The van der Waals surface area contributed by atoms with Gasteiger partial charge in [0.2, 0.25) is 0 Å². The van der Waals surface area contributed by atoms with Gasteiger partial charge in [-0.2, -0.15) is 0 Å². The molecular weight excluding hydrogens is 290 g/mol. The van der Waals surface area contributed by atoms with E-state index in [0.29, 0.717) is 6.54 Å². The van der Waals surface area contributed by atoms with Gasteiger partial charge in [-0.3, -0.25) is 10.1 Å². The lowest BCUT2D eigenvalue weighted by molar-refractivity contribution is -0.386. The van der Waals surface area contributed by atoms with E-state index < -0.39 is 4.92 Å². The van der Waals surface area contributed by atoms with E-state index in [1.54, 1.807) is 12.1 Å². The van der Waals surface area contributed by atoms with Gasteiger partial charge >= 0.3 is 5.69 Å². The van der Waals surface area contributed by atoms with Crippen molar-refractivity contribution in [2.75, 3.05) is 6.54 Å². The van der Waals surface area contributed by atoms with E-state index >= 15 is 0 Å². The lowest BCUT2D eigenvalue weighted by atomic mass is 10.2. The summed E-state index contributed by atoms with van der Waals surface area (Å²) in [5, 5.41) is 17.0. The molecule has 0 aliphatic heterocycles. The summed E-state index contributed by atoms with van der Waals surface area (Å²) in [4.78, 5) is 15.0. The Bertz CT molecular complexity index is 628. The molecule has 1 N–H and O–H groups in total. The number of nitrogens with one attached hydrogen (secondary N) is 1. The normalized spacial score (nSPS) is 10.6. The molecule has 1 heterocycles. The second-order valence-corrected chi connectivity index (χ2v) is 5.45. The molecule has 0 saturated carbocycles. The van der Waals surface area contributed by atoms with Crippen LogP contribution in [0.2, 0.25) is 0 Å². The molecule has 1 aromatic carbocycles. The minimum absolute atomic E-state index is 0.0151. The number of nitro groups is 1. The van der Waals surface area contributed by atoms with Crippen LogP contribution in [0.3, 0.4) is 0 Å². The van der Waals surface area contributed by atoms with Crippen LogP contribution >= 0.6 is 11.3 Å². The minimum Gasteiger partial charge on any atom is -0.479 e. The fourth-order valence-corrected chi connectivity index (χ4v) is 2.50. The summed E-state index contributed by atoms with van der Waals surface area (Å²) >= 11 is 1.48. The first-order valence-electron chi connectivity index (χ1n) is 6.62. The van der Waals surface area contributed by atoms with Gasteiger partial charge in [-0.05, 0) is 25.1 Å². The van der Waals surface area contributed by atoms with Gasteiger partial charge in [-0.15, -0.1) is 11.3 Å². The molecule has 0 unspecified atom stereocenters. The van der Waals surface area contributed by atoms with Gasteiger partial charge in [0.25, 0.3) is 0 Å². The first kappa shape index (κ1) is 15.4. The Morgan fingerprint density at radius 2 is 2.29 bits per heavy atom. The molecule has 0 saturated heterocycles. The molecule has 2 aromatic rings. The fraction of sp³-hybridized carbons (Fsp3) is 0.357. The van der Waals surface area contributed by atoms with Gasteiger partial charge in [-0.25, -0.2) is 4.98 Å². The predicted octanol–water partition coefficient (Wildman–Crippen LogP) is 3.05. The molecule has 0 atom stereocenters. The standard InChI is InChI=1S/C14H17N3O3S/c1-3-15-7-11-4-5-13(12(6-11)17(18)19)20-8-14-16-10(2)9-21-14/h4-6,9,15H,3,7-8H2,1-2H3. The smallest absolute Gasteiger partial charge is 0.311 e. The monoisotopic (exact) mass is 307 g/mol. The Hall–Kier alpha value is -1.99. The van der Waals surface area contributed by atoms with Crippen molar-refractivity contribution < 1.29 is 9.66 Å². The Kier molecular flexibility index (Phi) is 5.24. The lowest BCUT2D eigenvalue weighted by Gasteiger charge is -2.07. The summed E-state index contributed by atoms with van der Waals surface area (Å²) in [6.45, 7) is 5.55. The van der Waals surface area contributed by atoms with Crippen LogP contribution in [0.1, 0.15) is 23.2 Å². The Labute approximate surface area is 126 Å². The van der Waals surface area contributed by atoms with Crippen LogP contribution in [0, 0.1) is 17.0 Å². The van der Waals surface area contributed by atoms with Crippen molar-refractivity contribution in [3.63, 3.8) is 0 Å². The van der Waals surface area contributed by atoms with E-state index in [1.165, 1.54) is 11.3 Å². The third kappa shape index (κ3) is 4.24. The quantitative estimate of drug-likeness (QED) is 0.628. The minimum atomic E-state index is -0.419. The third-order valence-corrected chi connectivity index (χ3v) is 3.76. The van der Waals surface area contributed by atoms with Gasteiger partial charge in [0.15, 0.2) is 5.75 Å². The third-order valence-electron chi connectivity index (χ3n) is 2.82. The van der Waals surface area contributed by atoms with Crippen LogP contribution in [0.25, 0.3) is 0 Å². The van der Waals surface area contributed by atoms with Crippen molar-refractivity contribution in [1.29, 1.82) is 0 Å². The molecule has 0 fully saturated rings. The molecule has 7 heteroatoms. The van der Waals surface area contributed by atoms with E-state index in [1.807, 2.05) is 25.3 Å². The molecule has 6 nitrogen and oxygen atoms in total. The summed E-state index contributed by atoms with van der Waals surface area (Å²) in [6.07, 6.45) is 0. The molecule has 0 radical (unpaired) electrons. The number of thiazole rings is 1. The van der Waals surface area contributed by atoms with Gasteiger partial charge in [0.05, 0.1) is 4.92 Å². The molecule has 0 spiro atoms. The highest BCUT2D eigenvalue weighted by atomic mass is 32.1. The molecular formula is C14H17N3O3S. The van der Waals surface area contributed by atoms with Gasteiger partial charge in [0.1, 0.15) is 11.6 Å². The number of rotatable bonds is 7. The number of benzene rings is 1. The topological polar surface area (TPSA) is 77.3 Å². The molecule has 0 amide bonds. The largest absolute Gasteiger partial charge is 0.479 e. The highest BCUT2D eigenvalue weighted by Gasteiger charge is 2.16. The maximum atomic E-state index is 11.2. The van der Waals surface area contributed by atoms with Crippen LogP contribution in [0.5, 0.6) is 5.75 Å². The number of ether oxygens (including phenoxy) is 1. The van der Waals surface area contributed by atoms with Gasteiger partial charge < -0.3 is 10.1 Å². The Morgan fingerprint density at radius 3 is 2.90 bits per heavy atom. The molecule has 112 valence electrons. The molecule has 21 heavy (non-hydrogen) atoms. The van der Waals surface area contributed by atoms with Gasteiger partial charge in [-0.1, -0.05) is 13.0 Å². The van der Waals surface area contributed by atoms with Gasteiger partial charge in [0, 0.05) is 23.7 Å². The highest BCUT2D eigenvalue weighted by molar-refractivity contribution is 7.09. The molecule has 0 bridgehead atoms. The van der Waals surface area contributed by atoms with Crippen LogP contribution in [-0.4, -0.2) is 16.5 Å². The molecule has 1 aromatic heterocycles. The zero-order chi connectivity index (χ0) is 15.2. The van der Waals surface area contributed by atoms with E-state index in [-0.39, 0.29) is 18.0 Å². The Balaban J connectivity index is 2.12. The van der Waals surface area contributed by atoms with Crippen LogP contribution in [-0.2, 0) is 13.2 Å². The zero-order valence-electron chi connectivity index (χ0n) is 12.0. The molecule has 0 aliphatic carbocycles. The number of nitrogens with zero attached hydrogens (tertiary/aromatic N) is 2. The van der Waals surface area contributed by atoms with Crippen LogP contribution in [0.15, 0.2) is 23.6 Å². The summed E-state index contributed by atoms with van der Waals surface area (Å²) in [7, 11) is 0. The number of hydrogen-bond acceptors (Lipinski definition) is 6. The maximum Gasteiger partial charge on any atom is 0.311 e. The van der Waals surface area contributed by atoms with Crippen LogP contribution in [0.4, 0.5) is 5.69 Å². The first-order valence-corrected chi connectivity index (χ1v) is 7.50. The predicted molar refractivity (Wildman–Crippen MR) is 81.7 cm³/mol. The SMILES string of the molecule is CCNCc1ccc(OCc2nc(C)cs2)c([N+](=O)[O-])c1. The highest BCUT2D eigenvalue weighted by Crippen LogP contribution is 2.29. The van der Waals surface area contributed by atoms with Crippen molar-refractivity contribution in [3.05, 3.63) is 50.0 Å². The number of nitro benzene ring substituents is 1. The number of hydrogen-bond donors (Lipinski definition) is 1. The van der Waals surface area contributed by atoms with Crippen molar-refractivity contribution in [1.82, 2.24) is 10.3 Å². The summed E-state index contributed by atoms with van der Waals surface area (Å²) in [5.74, 6) is 0.271. The van der Waals surface area contributed by atoms with E-state index in [4.69, 9.17) is 4.74 Å². The number of aromatic nitrogens is 1. The second kappa shape index (κ2) is 7.14. The summed E-state index contributed by atoms with van der Waals surface area (Å²) in [6, 6.07) is 5.02. The first-order chi connectivity index (χ1) is 10.1. The average Bonchev–Trinajstić information content (AvgIpc) is 2.88. The lowest BCUT2D eigenvalue weighted by Crippen LogP contribution is -2.12. The number of aryl methyl sites for hydroxylation is 1. The van der Waals surface area contributed by atoms with Crippen LogP contribution < -0.4 is 10.1 Å². The fourth-order valence-electron chi connectivity index (χ4n) is 1.82. The van der Waals surface area contributed by atoms with E-state index in [2.05, 4.69) is 10.3 Å². The van der Waals surface area contributed by atoms with Crippen molar-refractivity contribution in [2.45, 2.75) is 27.0 Å². The maximum absolute atomic E-state index is 11.2. The van der Waals surface area contributed by atoms with E-state index in [0.717, 1.165) is 22.8 Å². The van der Waals surface area contributed by atoms with Crippen molar-refractivity contribution >= 4 is 17.0 Å². The van der Waals surface area contributed by atoms with E-state index in [9.17, 15) is 10.1 Å². The summed E-state index contributed by atoms with van der Waals surface area (Å²) in [5.41, 5.74) is 1.77. The Morgan fingerprint density at radius 1 is 1.48 bits per heavy atom. The molecule has 2 rings (SSSR count). The molecule has 0 aliphatic rings. The van der Waals surface area contributed by atoms with Crippen molar-refractivity contribution in [3.8, 4) is 5.75 Å². The second-order valence-electron chi connectivity index (χ2n) is 4.51.